The van der Waals surface area contributed by atoms with E-state index in [0.29, 0.717) is 11.3 Å². The van der Waals surface area contributed by atoms with Gasteiger partial charge < -0.3 is 10.4 Å². The van der Waals surface area contributed by atoms with Crippen molar-refractivity contribution in [3.8, 4) is 5.75 Å². The third kappa shape index (κ3) is 2.69. The van der Waals surface area contributed by atoms with Crippen molar-refractivity contribution in [3.63, 3.8) is 0 Å². The van der Waals surface area contributed by atoms with Gasteiger partial charge in [0.15, 0.2) is 0 Å². The van der Waals surface area contributed by atoms with Crippen molar-refractivity contribution in [1.82, 2.24) is 0 Å². The Bertz CT molecular complexity index is 591. The minimum atomic E-state index is -0.224. The lowest BCUT2D eigenvalue weighted by molar-refractivity contribution is 0.102. The van der Waals surface area contributed by atoms with Gasteiger partial charge in [0.2, 0.25) is 0 Å². The van der Waals surface area contributed by atoms with E-state index in [0.717, 1.165) is 11.1 Å². The Kier molecular flexibility index (Phi) is 3.33. The maximum atomic E-state index is 12.0. The van der Waals surface area contributed by atoms with Crippen LogP contribution in [0.5, 0.6) is 5.75 Å². The summed E-state index contributed by atoms with van der Waals surface area (Å²) < 4.78 is 0. The van der Waals surface area contributed by atoms with Crippen molar-refractivity contribution in [2.24, 2.45) is 0 Å². The molecule has 0 aliphatic rings. The minimum Gasteiger partial charge on any atom is -0.506 e. The zero-order valence-electron chi connectivity index (χ0n) is 10.4. The zero-order chi connectivity index (χ0) is 13.1. The molecule has 0 aromatic heterocycles. The second kappa shape index (κ2) is 4.92. The largest absolute Gasteiger partial charge is 0.506 e. The van der Waals surface area contributed by atoms with Crippen molar-refractivity contribution in [3.05, 3.63) is 59.2 Å². The van der Waals surface area contributed by atoms with Gasteiger partial charge in [-0.25, -0.2) is 0 Å². The number of aromatic hydroxyl groups is 1. The molecule has 2 aromatic carbocycles. The van der Waals surface area contributed by atoms with E-state index in [1.807, 2.05) is 32.0 Å². The molecule has 0 heterocycles. The molecule has 2 rings (SSSR count). The molecule has 0 atom stereocenters. The van der Waals surface area contributed by atoms with E-state index in [2.05, 4.69) is 5.32 Å². The topological polar surface area (TPSA) is 49.3 Å². The lowest BCUT2D eigenvalue weighted by Gasteiger charge is -2.08. The van der Waals surface area contributed by atoms with E-state index in [-0.39, 0.29) is 11.7 Å². The van der Waals surface area contributed by atoms with Gasteiger partial charge >= 0.3 is 0 Å². The fourth-order valence-corrected chi connectivity index (χ4v) is 1.73. The number of aryl methyl sites for hydroxylation is 2. The van der Waals surface area contributed by atoms with E-state index in [1.54, 1.807) is 24.3 Å². The third-order valence-electron chi connectivity index (χ3n) is 2.68. The number of nitrogens with one attached hydrogen (secondary N) is 1. The average molecular weight is 241 g/mol. The molecular weight excluding hydrogens is 226 g/mol. The second-order valence-electron chi connectivity index (χ2n) is 4.34. The predicted molar refractivity (Wildman–Crippen MR) is 72.0 cm³/mol. The second-order valence-corrected chi connectivity index (χ2v) is 4.34. The van der Waals surface area contributed by atoms with Crippen LogP contribution in [0.15, 0.2) is 42.5 Å². The molecule has 18 heavy (non-hydrogen) atoms. The normalized spacial score (nSPS) is 10.1. The average Bonchev–Trinajstić information content (AvgIpc) is 2.32. The summed E-state index contributed by atoms with van der Waals surface area (Å²) in [4.78, 5) is 12.0. The van der Waals surface area contributed by atoms with Crippen molar-refractivity contribution in [2.75, 3.05) is 5.32 Å². The quantitative estimate of drug-likeness (QED) is 0.793. The Morgan fingerprint density at radius 3 is 2.44 bits per heavy atom. The molecular formula is C15H15NO2. The number of hydrogen-bond acceptors (Lipinski definition) is 2. The summed E-state index contributed by atoms with van der Waals surface area (Å²) in [5.41, 5.74) is 2.97. The Morgan fingerprint density at radius 1 is 1.06 bits per heavy atom. The van der Waals surface area contributed by atoms with Gasteiger partial charge in [-0.15, -0.1) is 0 Å². The van der Waals surface area contributed by atoms with Crippen LogP contribution in [-0.2, 0) is 0 Å². The monoisotopic (exact) mass is 241 g/mol. The van der Waals surface area contributed by atoms with Gasteiger partial charge in [0, 0.05) is 5.56 Å². The van der Waals surface area contributed by atoms with Crippen molar-refractivity contribution >= 4 is 11.6 Å². The number of carbonyl (C=O) groups is 1. The first-order valence-electron chi connectivity index (χ1n) is 5.74. The van der Waals surface area contributed by atoms with Crippen LogP contribution in [0.25, 0.3) is 0 Å². The summed E-state index contributed by atoms with van der Waals surface area (Å²) in [7, 11) is 0. The van der Waals surface area contributed by atoms with E-state index in [4.69, 9.17) is 0 Å². The highest BCUT2D eigenvalue weighted by Gasteiger charge is 2.08. The first-order valence-corrected chi connectivity index (χ1v) is 5.74. The smallest absolute Gasteiger partial charge is 0.255 e. The molecule has 3 nitrogen and oxygen atoms in total. The van der Waals surface area contributed by atoms with Crippen LogP contribution in [0.2, 0.25) is 0 Å². The third-order valence-corrected chi connectivity index (χ3v) is 2.68. The van der Waals surface area contributed by atoms with Crippen LogP contribution >= 0.6 is 0 Å². The highest BCUT2D eigenvalue weighted by atomic mass is 16.3. The van der Waals surface area contributed by atoms with Crippen LogP contribution in [0.1, 0.15) is 21.5 Å². The number of carbonyl (C=O) groups excluding carboxylic acids is 1. The summed E-state index contributed by atoms with van der Waals surface area (Å²) in [6.07, 6.45) is 0. The van der Waals surface area contributed by atoms with Gasteiger partial charge in [0.1, 0.15) is 5.75 Å². The van der Waals surface area contributed by atoms with E-state index in [9.17, 15) is 9.90 Å². The van der Waals surface area contributed by atoms with Crippen LogP contribution in [0.3, 0.4) is 0 Å². The first kappa shape index (κ1) is 12.2. The number of phenols is 1. The van der Waals surface area contributed by atoms with Crippen molar-refractivity contribution in [1.29, 1.82) is 0 Å². The van der Waals surface area contributed by atoms with Gasteiger partial charge in [-0.05, 0) is 43.7 Å². The number of amides is 1. The van der Waals surface area contributed by atoms with Crippen LogP contribution in [-0.4, -0.2) is 11.0 Å². The lowest BCUT2D eigenvalue weighted by atomic mass is 10.1. The minimum absolute atomic E-state index is 0.0796. The molecule has 92 valence electrons. The molecule has 0 unspecified atom stereocenters. The number of benzene rings is 2. The Hall–Kier alpha value is -2.29. The van der Waals surface area contributed by atoms with Gasteiger partial charge in [0.25, 0.3) is 5.91 Å². The molecule has 0 saturated carbocycles. The molecule has 2 aromatic rings. The van der Waals surface area contributed by atoms with Crippen molar-refractivity contribution in [2.45, 2.75) is 13.8 Å². The number of rotatable bonds is 2. The fraction of sp³-hybridized carbons (Fsp3) is 0.133. The molecule has 2 N–H and O–H groups in total. The summed E-state index contributed by atoms with van der Waals surface area (Å²) in [6, 6.07) is 12.5. The van der Waals surface area contributed by atoms with Gasteiger partial charge in [-0.3, -0.25) is 4.79 Å². The Morgan fingerprint density at radius 2 is 1.78 bits per heavy atom. The standard InChI is InChI=1S/C15H15NO2/c1-10-4-3-5-12(8-10)15(18)16-13-7-6-11(2)9-14(13)17/h3-9,17H,1-2H3,(H,16,18). The summed E-state index contributed by atoms with van der Waals surface area (Å²) in [5.74, 6) is -0.145. The summed E-state index contributed by atoms with van der Waals surface area (Å²) >= 11 is 0. The maximum absolute atomic E-state index is 12.0. The molecule has 0 bridgehead atoms. The molecule has 0 spiro atoms. The first-order chi connectivity index (χ1) is 8.56. The Labute approximate surface area is 106 Å². The van der Waals surface area contributed by atoms with Crippen molar-refractivity contribution < 1.29 is 9.90 Å². The highest BCUT2D eigenvalue weighted by molar-refractivity contribution is 6.05. The summed E-state index contributed by atoms with van der Waals surface area (Å²) in [6.45, 7) is 3.81. The maximum Gasteiger partial charge on any atom is 0.255 e. The van der Waals surface area contributed by atoms with Crippen LogP contribution < -0.4 is 5.32 Å². The fourth-order valence-electron chi connectivity index (χ4n) is 1.73. The molecule has 0 aliphatic heterocycles. The highest BCUT2D eigenvalue weighted by Crippen LogP contribution is 2.24. The molecule has 0 saturated heterocycles. The Balaban J connectivity index is 2.21. The van der Waals surface area contributed by atoms with Gasteiger partial charge in [-0.1, -0.05) is 23.8 Å². The predicted octanol–water partition coefficient (Wildman–Crippen LogP) is 3.26. The molecule has 1 amide bonds. The van der Waals surface area contributed by atoms with Crippen LogP contribution in [0, 0.1) is 13.8 Å². The number of anilines is 1. The SMILES string of the molecule is Cc1cccc(C(=O)Nc2ccc(C)cc2O)c1. The van der Waals surface area contributed by atoms with Gasteiger partial charge in [-0.2, -0.15) is 0 Å². The van der Waals surface area contributed by atoms with Gasteiger partial charge in [0.05, 0.1) is 5.69 Å². The molecule has 3 heteroatoms. The van der Waals surface area contributed by atoms with E-state index < -0.39 is 0 Å². The molecule has 0 radical (unpaired) electrons. The number of phenolic OH excluding ortho intramolecular Hbond substituents is 1. The molecule has 0 fully saturated rings. The lowest BCUT2D eigenvalue weighted by Crippen LogP contribution is -2.12. The zero-order valence-corrected chi connectivity index (χ0v) is 10.4. The molecule has 0 aliphatic carbocycles. The van der Waals surface area contributed by atoms with Crippen LogP contribution in [0.4, 0.5) is 5.69 Å². The van der Waals surface area contributed by atoms with E-state index in [1.165, 1.54) is 0 Å². The van der Waals surface area contributed by atoms with E-state index >= 15 is 0 Å². The summed E-state index contributed by atoms with van der Waals surface area (Å²) in [5, 5.41) is 12.4. The number of hydrogen-bond donors (Lipinski definition) is 2.